The monoisotopic (exact) mass is 190 g/mol. The van der Waals surface area contributed by atoms with Crippen LogP contribution in [0.5, 0.6) is 0 Å². The molecule has 0 radical (unpaired) electrons. The highest BCUT2D eigenvalue weighted by Crippen LogP contribution is 2.09. The van der Waals surface area contributed by atoms with Crippen molar-refractivity contribution >= 4 is 12.0 Å². The second-order valence-electron chi connectivity index (χ2n) is 2.96. The second kappa shape index (κ2) is 5.19. The van der Waals surface area contributed by atoms with Crippen LogP contribution >= 0.6 is 0 Å². The Morgan fingerprint density at radius 3 is 2.86 bits per heavy atom. The molecule has 0 aliphatic carbocycles. The van der Waals surface area contributed by atoms with Crippen molar-refractivity contribution in [2.75, 3.05) is 7.05 Å². The summed E-state index contributed by atoms with van der Waals surface area (Å²) in [5.74, 6) is -0.427. The number of carbonyl (C=O) groups is 1. The van der Waals surface area contributed by atoms with E-state index < -0.39 is 5.91 Å². The Hall–Kier alpha value is -1.61. The Morgan fingerprint density at radius 2 is 2.21 bits per heavy atom. The summed E-state index contributed by atoms with van der Waals surface area (Å²) in [4.78, 5) is 10.6. The molecule has 1 rings (SSSR count). The molecule has 1 aromatic rings. The third kappa shape index (κ3) is 3.03. The zero-order chi connectivity index (χ0) is 10.4. The Bertz CT molecular complexity index is 345. The highest BCUT2D eigenvalue weighted by atomic mass is 16.1. The first-order valence-corrected chi connectivity index (χ1v) is 4.44. The minimum absolute atomic E-state index is 0.427. The lowest BCUT2D eigenvalue weighted by molar-refractivity contribution is -0.113. The van der Waals surface area contributed by atoms with Crippen LogP contribution in [0.3, 0.4) is 0 Å². The van der Waals surface area contributed by atoms with E-state index in [-0.39, 0.29) is 0 Å². The van der Waals surface area contributed by atoms with Crippen molar-refractivity contribution in [1.82, 2.24) is 5.32 Å². The van der Waals surface area contributed by atoms with E-state index in [1.165, 1.54) is 6.08 Å². The normalized spacial score (nSPS) is 10.6. The molecular formula is C11H14N2O. The molecule has 0 unspecified atom stereocenters. The van der Waals surface area contributed by atoms with Crippen molar-refractivity contribution < 1.29 is 4.79 Å². The SMILES string of the molecule is CNCc1ccccc1C=CC(N)=O. The van der Waals surface area contributed by atoms with Gasteiger partial charge in [-0.05, 0) is 24.3 Å². The molecule has 0 aliphatic rings. The topological polar surface area (TPSA) is 55.1 Å². The smallest absolute Gasteiger partial charge is 0.241 e. The number of rotatable bonds is 4. The fraction of sp³-hybridized carbons (Fsp3) is 0.182. The van der Waals surface area contributed by atoms with Crippen molar-refractivity contribution in [3.63, 3.8) is 0 Å². The van der Waals surface area contributed by atoms with Crippen molar-refractivity contribution in [1.29, 1.82) is 0 Å². The molecule has 0 fully saturated rings. The largest absolute Gasteiger partial charge is 0.366 e. The number of benzene rings is 1. The van der Waals surface area contributed by atoms with Gasteiger partial charge in [0.05, 0.1) is 0 Å². The molecule has 1 amide bonds. The maximum absolute atomic E-state index is 10.6. The van der Waals surface area contributed by atoms with Crippen LogP contribution in [0.15, 0.2) is 30.3 Å². The number of nitrogens with two attached hydrogens (primary N) is 1. The molecule has 0 aliphatic heterocycles. The average Bonchev–Trinajstić information content (AvgIpc) is 2.17. The zero-order valence-corrected chi connectivity index (χ0v) is 8.16. The molecule has 3 heteroatoms. The third-order valence-corrected chi connectivity index (χ3v) is 1.85. The summed E-state index contributed by atoms with van der Waals surface area (Å²) < 4.78 is 0. The quantitative estimate of drug-likeness (QED) is 0.693. The minimum Gasteiger partial charge on any atom is -0.366 e. The number of carbonyl (C=O) groups excluding carboxylic acids is 1. The van der Waals surface area contributed by atoms with Crippen LogP contribution < -0.4 is 11.1 Å². The van der Waals surface area contributed by atoms with Gasteiger partial charge < -0.3 is 11.1 Å². The first kappa shape index (κ1) is 10.5. The highest BCUT2D eigenvalue weighted by Gasteiger charge is 1.96. The van der Waals surface area contributed by atoms with E-state index in [0.29, 0.717) is 0 Å². The van der Waals surface area contributed by atoms with Crippen molar-refractivity contribution in [3.8, 4) is 0 Å². The fourth-order valence-electron chi connectivity index (χ4n) is 1.22. The van der Waals surface area contributed by atoms with E-state index in [2.05, 4.69) is 5.32 Å². The van der Waals surface area contributed by atoms with E-state index >= 15 is 0 Å². The zero-order valence-electron chi connectivity index (χ0n) is 8.16. The van der Waals surface area contributed by atoms with Crippen molar-refractivity contribution in [2.24, 2.45) is 5.73 Å². The summed E-state index contributed by atoms with van der Waals surface area (Å²) >= 11 is 0. The number of primary amides is 1. The standard InChI is InChI=1S/C11H14N2O/c1-13-8-10-5-3-2-4-9(10)6-7-11(12)14/h2-7,13H,8H2,1H3,(H2,12,14). The van der Waals surface area contributed by atoms with Crippen molar-refractivity contribution in [3.05, 3.63) is 41.5 Å². The molecule has 14 heavy (non-hydrogen) atoms. The van der Waals surface area contributed by atoms with Gasteiger partial charge in [0.15, 0.2) is 0 Å². The Labute approximate surface area is 83.6 Å². The highest BCUT2D eigenvalue weighted by molar-refractivity contribution is 5.90. The number of hydrogen-bond acceptors (Lipinski definition) is 2. The van der Waals surface area contributed by atoms with Crippen LogP contribution in [0.25, 0.3) is 6.08 Å². The van der Waals surface area contributed by atoms with Gasteiger partial charge in [0, 0.05) is 12.6 Å². The second-order valence-corrected chi connectivity index (χ2v) is 2.96. The first-order chi connectivity index (χ1) is 6.74. The summed E-state index contributed by atoms with van der Waals surface area (Å²) in [6.45, 7) is 0.777. The molecule has 0 heterocycles. The summed E-state index contributed by atoms with van der Waals surface area (Å²) in [6, 6.07) is 7.86. The van der Waals surface area contributed by atoms with Crippen LogP contribution in [0.4, 0.5) is 0 Å². The maximum atomic E-state index is 10.6. The molecule has 0 aromatic heterocycles. The van der Waals surface area contributed by atoms with Gasteiger partial charge in [0.1, 0.15) is 0 Å². The van der Waals surface area contributed by atoms with Crippen LogP contribution in [0.2, 0.25) is 0 Å². The molecule has 3 nitrogen and oxygen atoms in total. The van der Waals surface area contributed by atoms with E-state index in [9.17, 15) is 4.79 Å². The van der Waals surface area contributed by atoms with Gasteiger partial charge in [-0.25, -0.2) is 0 Å². The molecule has 74 valence electrons. The molecule has 0 saturated heterocycles. The summed E-state index contributed by atoms with van der Waals surface area (Å²) in [5, 5.41) is 3.06. The predicted octanol–water partition coefficient (Wildman–Crippen LogP) is 0.904. The van der Waals surface area contributed by atoms with Gasteiger partial charge in [-0.15, -0.1) is 0 Å². The minimum atomic E-state index is -0.427. The van der Waals surface area contributed by atoms with E-state index in [0.717, 1.165) is 17.7 Å². The van der Waals surface area contributed by atoms with Gasteiger partial charge >= 0.3 is 0 Å². The van der Waals surface area contributed by atoms with Crippen LogP contribution in [0, 0.1) is 0 Å². The molecule has 1 aromatic carbocycles. The summed E-state index contributed by atoms with van der Waals surface area (Å²) in [5.41, 5.74) is 7.18. The lowest BCUT2D eigenvalue weighted by Gasteiger charge is -2.03. The number of nitrogens with one attached hydrogen (secondary N) is 1. The predicted molar refractivity (Wildman–Crippen MR) is 57.4 cm³/mol. The Balaban J connectivity index is 2.89. The van der Waals surface area contributed by atoms with Crippen LogP contribution in [-0.4, -0.2) is 13.0 Å². The van der Waals surface area contributed by atoms with Gasteiger partial charge in [-0.2, -0.15) is 0 Å². The van der Waals surface area contributed by atoms with E-state index in [1.807, 2.05) is 31.3 Å². The number of hydrogen-bond donors (Lipinski definition) is 2. The fourth-order valence-corrected chi connectivity index (χ4v) is 1.22. The molecule has 0 spiro atoms. The van der Waals surface area contributed by atoms with Crippen LogP contribution in [-0.2, 0) is 11.3 Å². The van der Waals surface area contributed by atoms with Crippen molar-refractivity contribution in [2.45, 2.75) is 6.54 Å². The Kier molecular flexibility index (Phi) is 3.88. The molecular weight excluding hydrogens is 176 g/mol. The molecule has 0 saturated carbocycles. The molecule has 0 atom stereocenters. The molecule has 0 bridgehead atoms. The first-order valence-electron chi connectivity index (χ1n) is 4.44. The van der Waals surface area contributed by atoms with Gasteiger partial charge in [-0.3, -0.25) is 4.79 Å². The Morgan fingerprint density at radius 1 is 1.50 bits per heavy atom. The lowest BCUT2D eigenvalue weighted by Crippen LogP contribution is -2.07. The average molecular weight is 190 g/mol. The summed E-state index contributed by atoms with van der Waals surface area (Å²) in [7, 11) is 1.88. The molecule has 3 N–H and O–H groups in total. The van der Waals surface area contributed by atoms with Gasteiger partial charge in [-0.1, -0.05) is 24.3 Å². The van der Waals surface area contributed by atoms with E-state index in [1.54, 1.807) is 6.08 Å². The van der Waals surface area contributed by atoms with Gasteiger partial charge in [0.2, 0.25) is 5.91 Å². The van der Waals surface area contributed by atoms with E-state index in [4.69, 9.17) is 5.73 Å². The number of amides is 1. The third-order valence-electron chi connectivity index (χ3n) is 1.85. The maximum Gasteiger partial charge on any atom is 0.241 e. The van der Waals surface area contributed by atoms with Gasteiger partial charge in [0.25, 0.3) is 0 Å². The lowest BCUT2D eigenvalue weighted by atomic mass is 10.1. The summed E-state index contributed by atoms with van der Waals surface area (Å²) in [6.07, 6.45) is 3.10. The van der Waals surface area contributed by atoms with Crippen LogP contribution in [0.1, 0.15) is 11.1 Å².